The quantitative estimate of drug-likeness (QED) is 0.718. The Morgan fingerprint density at radius 2 is 1.76 bits per heavy atom. The second kappa shape index (κ2) is 9.38. The Bertz CT molecular complexity index is 882. The number of halogens is 1. The van der Waals surface area contributed by atoms with Crippen LogP contribution in [0.4, 0.5) is 26.2 Å². The molecule has 0 aromatic heterocycles. The smallest absolute Gasteiger partial charge is 0.319 e. The van der Waals surface area contributed by atoms with Gasteiger partial charge < -0.3 is 25.6 Å². The van der Waals surface area contributed by atoms with Crippen molar-refractivity contribution in [1.82, 2.24) is 5.32 Å². The molecule has 0 radical (unpaired) electrons. The fourth-order valence-corrected chi connectivity index (χ4v) is 3.02. The summed E-state index contributed by atoms with van der Waals surface area (Å²) in [4.78, 5) is 26.3. The first-order valence-electron chi connectivity index (χ1n) is 9.53. The second-order valence-electron chi connectivity index (χ2n) is 7.05. The monoisotopic (exact) mass is 400 g/mol. The van der Waals surface area contributed by atoms with Crippen molar-refractivity contribution in [2.24, 2.45) is 0 Å². The van der Waals surface area contributed by atoms with Crippen molar-refractivity contribution in [3.8, 4) is 0 Å². The molecule has 1 saturated heterocycles. The Morgan fingerprint density at radius 3 is 2.45 bits per heavy atom. The molecule has 7 nitrogen and oxygen atoms in total. The predicted molar refractivity (Wildman–Crippen MR) is 111 cm³/mol. The summed E-state index contributed by atoms with van der Waals surface area (Å²) in [6.07, 6.45) is 0. The molecule has 0 spiro atoms. The molecule has 1 aliphatic heterocycles. The summed E-state index contributed by atoms with van der Waals surface area (Å²) in [6, 6.07) is 10.8. The normalized spacial score (nSPS) is 13.9. The van der Waals surface area contributed by atoms with Crippen molar-refractivity contribution in [3.05, 3.63) is 53.8 Å². The SMILES string of the molecule is CC(C)NC(=O)Nc1cccc(C(=O)Nc2ccc(N3CCOCC3)c(F)c2)c1. The van der Waals surface area contributed by atoms with E-state index in [4.69, 9.17) is 4.74 Å². The predicted octanol–water partition coefficient (Wildman–Crippen LogP) is 3.44. The van der Waals surface area contributed by atoms with Gasteiger partial charge in [-0.15, -0.1) is 0 Å². The molecule has 2 aromatic rings. The van der Waals surface area contributed by atoms with Crippen LogP contribution in [0.15, 0.2) is 42.5 Å². The molecular formula is C21H25FN4O3. The number of carbonyl (C=O) groups is 2. The summed E-state index contributed by atoms with van der Waals surface area (Å²) in [7, 11) is 0. The minimum Gasteiger partial charge on any atom is -0.378 e. The summed E-state index contributed by atoms with van der Waals surface area (Å²) in [5.74, 6) is -0.790. The van der Waals surface area contributed by atoms with E-state index >= 15 is 0 Å². The molecule has 0 unspecified atom stereocenters. The molecule has 29 heavy (non-hydrogen) atoms. The zero-order valence-corrected chi connectivity index (χ0v) is 16.5. The summed E-state index contributed by atoms with van der Waals surface area (Å²) in [6.45, 7) is 6.11. The van der Waals surface area contributed by atoms with E-state index in [1.54, 1.807) is 36.4 Å². The third kappa shape index (κ3) is 5.68. The lowest BCUT2D eigenvalue weighted by atomic mass is 10.1. The van der Waals surface area contributed by atoms with Crippen LogP contribution in [0.3, 0.4) is 0 Å². The van der Waals surface area contributed by atoms with Crippen molar-refractivity contribution >= 4 is 29.0 Å². The van der Waals surface area contributed by atoms with Gasteiger partial charge in [-0.25, -0.2) is 9.18 Å². The lowest BCUT2D eigenvalue weighted by molar-refractivity contribution is 0.102. The fourth-order valence-electron chi connectivity index (χ4n) is 3.02. The summed E-state index contributed by atoms with van der Waals surface area (Å²) in [5, 5.41) is 8.09. The van der Waals surface area contributed by atoms with E-state index in [2.05, 4.69) is 16.0 Å². The van der Waals surface area contributed by atoms with E-state index in [1.807, 2.05) is 18.7 Å². The first-order valence-corrected chi connectivity index (χ1v) is 9.53. The number of carbonyl (C=O) groups excluding carboxylic acids is 2. The van der Waals surface area contributed by atoms with E-state index < -0.39 is 11.7 Å². The van der Waals surface area contributed by atoms with E-state index in [0.29, 0.717) is 48.9 Å². The van der Waals surface area contributed by atoms with Crippen LogP contribution in [0.5, 0.6) is 0 Å². The molecule has 0 aliphatic carbocycles. The average molecular weight is 400 g/mol. The van der Waals surface area contributed by atoms with Gasteiger partial charge in [0.2, 0.25) is 0 Å². The number of hydrogen-bond donors (Lipinski definition) is 3. The molecular weight excluding hydrogens is 375 g/mol. The van der Waals surface area contributed by atoms with Crippen molar-refractivity contribution < 1.29 is 18.7 Å². The van der Waals surface area contributed by atoms with Gasteiger partial charge in [-0.2, -0.15) is 0 Å². The first-order chi connectivity index (χ1) is 13.9. The number of nitrogens with zero attached hydrogens (tertiary/aromatic N) is 1. The van der Waals surface area contributed by atoms with E-state index in [0.717, 1.165) is 0 Å². The number of anilines is 3. The van der Waals surface area contributed by atoms with E-state index in [1.165, 1.54) is 6.07 Å². The topological polar surface area (TPSA) is 82.7 Å². The molecule has 1 fully saturated rings. The molecule has 0 atom stereocenters. The van der Waals surface area contributed by atoms with Crippen LogP contribution >= 0.6 is 0 Å². The zero-order valence-electron chi connectivity index (χ0n) is 16.5. The Labute approximate surface area is 169 Å². The van der Waals surface area contributed by atoms with Gasteiger partial charge in [0.1, 0.15) is 5.82 Å². The Kier molecular flexibility index (Phi) is 6.66. The molecule has 1 heterocycles. The third-order valence-corrected chi connectivity index (χ3v) is 4.36. The van der Waals surface area contributed by atoms with Crippen molar-refractivity contribution in [1.29, 1.82) is 0 Å². The number of benzene rings is 2. The van der Waals surface area contributed by atoms with Crippen LogP contribution in [0.25, 0.3) is 0 Å². The number of amides is 3. The minimum atomic E-state index is -0.398. The molecule has 154 valence electrons. The Hall–Kier alpha value is -3.13. The molecule has 8 heteroatoms. The van der Waals surface area contributed by atoms with Crippen molar-refractivity contribution in [3.63, 3.8) is 0 Å². The standard InChI is InChI=1S/C21H25FN4O3/c1-14(2)23-21(28)25-16-5-3-4-15(12-16)20(27)24-17-6-7-19(18(22)13-17)26-8-10-29-11-9-26/h3-7,12-14H,8-11H2,1-2H3,(H,24,27)(H2,23,25,28). The summed E-state index contributed by atoms with van der Waals surface area (Å²) >= 11 is 0. The second-order valence-corrected chi connectivity index (χ2v) is 7.05. The zero-order chi connectivity index (χ0) is 20.8. The molecule has 3 N–H and O–H groups in total. The highest BCUT2D eigenvalue weighted by atomic mass is 19.1. The lowest BCUT2D eigenvalue weighted by Gasteiger charge is -2.29. The molecule has 3 rings (SSSR count). The Morgan fingerprint density at radius 1 is 1.03 bits per heavy atom. The maximum Gasteiger partial charge on any atom is 0.319 e. The molecule has 0 bridgehead atoms. The third-order valence-electron chi connectivity index (χ3n) is 4.36. The maximum absolute atomic E-state index is 14.5. The number of ether oxygens (including phenoxy) is 1. The lowest BCUT2D eigenvalue weighted by Crippen LogP contribution is -2.36. The highest BCUT2D eigenvalue weighted by Gasteiger charge is 2.16. The molecule has 0 saturated carbocycles. The average Bonchev–Trinajstić information content (AvgIpc) is 2.68. The number of nitrogens with one attached hydrogen (secondary N) is 3. The largest absolute Gasteiger partial charge is 0.378 e. The summed E-state index contributed by atoms with van der Waals surface area (Å²) < 4.78 is 19.8. The Balaban J connectivity index is 1.66. The fraction of sp³-hybridized carbons (Fsp3) is 0.333. The molecule has 1 aliphatic rings. The number of urea groups is 1. The van der Waals surface area contributed by atoms with Crippen molar-refractivity contribution in [2.75, 3.05) is 41.8 Å². The van der Waals surface area contributed by atoms with E-state index in [9.17, 15) is 14.0 Å². The molecule has 2 aromatic carbocycles. The molecule has 3 amide bonds. The van der Waals surface area contributed by atoms with Gasteiger partial charge in [-0.05, 0) is 50.2 Å². The van der Waals surface area contributed by atoms with Crippen LogP contribution in [0.2, 0.25) is 0 Å². The van der Waals surface area contributed by atoms with Crippen LogP contribution in [0.1, 0.15) is 24.2 Å². The highest BCUT2D eigenvalue weighted by Crippen LogP contribution is 2.24. The van der Waals surface area contributed by atoms with Gasteiger partial charge in [0.15, 0.2) is 0 Å². The number of morpholine rings is 1. The van der Waals surface area contributed by atoms with Gasteiger partial charge in [-0.1, -0.05) is 6.07 Å². The minimum absolute atomic E-state index is 0.00295. The van der Waals surface area contributed by atoms with Crippen molar-refractivity contribution in [2.45, 2.75) is 19.9 Å². The summed E-state index contributed by atoms with van der Waals surface area (Å²) in [5.41, 5.74) is 1.70. The highest BCUT2D eigenvalue weighted by molar-refractivity contribution is 6.05. The van der Waals surface area contributed by atoms with Gasteiger partial charge in [0.05, 0.1) is 18.9 Å². The number of rotatable bonds is 5. The van der Waals surface area contributed by atoms with Gasteiger partial charge in [-0.3, -0.25) is 4.79 Å². The van der Waals surface area contributed by atoms with Crippen LogP contribution in [0, 0.1) is 5.82 Å². The van der Waals surface area contributed by atoms with Gasteiger partial charge in [0.25, 0.3) is 5.91 Å². The van der Waals surface area contributed by atoms with E-state index in [-0.39, 0.29) is 12.1 Å². The first kappa shape index (κ1) is 20.6. The van der Waals surface area contributed by atoms with Crippen LogP contribution in [-0.4, -0.2) is 44.3 Å². The van der Waals surface area contributed by atoms with Gasteiger partial charge >= 0.3 is 6.03 Å². The van der Waals surface area contributed by atoms with Gasteiger partial charge in [0, 0.05) is 36.1 Å². The van der Waals surface area contributed by atoms with Crippen LogP contribution in [-0.2, 0) is 4.74 Å². The number of hydrogen-bond acceptors (Lipinski definition) is 4. The maximum atomic E-state index is 14.5. The van der Waals surface area contributed by atoms with Crippen LogP contribution < -0.4 is 20.9 Å².